The molecule has 0 aliphatic carbocycles. The SMILES string of the molecule is NCc1ccc(C(=O)N2C3CCC2CC(O)C3)o1. The van der Waals surface area contributed by atoms with E-state index in [4.69, 9.17) is 10.2 Å². The summed E-state index contributed by atoms with van der Waals surface area (Å²) in [6.45, 7) is 0.304. The van der Waals surface area contributed by atoms with Crippen molar-refractivity contribution in [2.24, 2.45) is 5.73 Å². The Morgan fingerprint density at radius 2 is 2.06 bits per heavy atom. The molecule has 1 amide bonds. The van der Waals surface area contributed by atoms with Gasteiger partial charge in [0.2, 0.25) is 0 Å². The van der Waals surface area contributed by atoms with Crippen molar-refractivity contribution in [3.05, 3.63) is 23.7 Å². The van der Waals surface area contributed by atoms with Crippen LogP contribution < -0.4 is 5.73 Å². The summed E-state index contributed by atoms with van der Waals surface area (Å²) in [7, 11) is 0. The molecular weight excluding hydrogens is 232 g/mol. The highest BCUT2D eigenvalue weighted by molar-refractivity contribution is 5.92. The third-order valence-electron chi connectivity index (χ3n) is 4.02. The van der Waals surface area contributed by atoms with E-state index in [0.29, 0.717) is 30.9 Å². The van der Waals surface area contributed by atoms with E-state index in [1.54, 1.807) is 12.1 Å². The summed E-state index contributed by atoms with van der Waals surface area (Å²) in [6, 6.07) is 3.76. The Morgan fingerprint density at radius 3 is 2.61 bits per heavy atom. The molecule has 5 heteroatoms. The lowest BCUT2D eigenvalue weighted by atomic mass is 9.99. The van der Waals surface area contributed by atoms with E-state index in [1.165, 1.54) is 0 Å². The van der Waals surface area contributed by atoms with Crippen molar-refractivity contribution in [2.75, 3.05) is 0 Å². The molecule has 1 aromatic heterocycles. The predicted molar refractivity (Wildman–Crippen MR) is 64.8 cm³/mol. The van der Waals surface area contributed by atoms with Crippen LogP contribution in [-0.2, 0) is 6.54 Å². The number of furan rings is 1. The van der Waals surface area contributed by atoms with E-state index in [1.807, 2.05) is 4.90 Å². The minimum atomic E-state index is -0.261. The smallest absolute Gasteiger partial charge is 0.290 e. The van der Waals surface area contributed by atoms with E-state index in [2.05, 4.69) is 0 Å². The number of amides is 1. The third kappa shape index (κ3) is 1.83. The highest BCUT2D eigenvalue weighted by Gasteiger charge is 2.43. The zero-order valence-electron chi connectivity index (χ0n) is 10.2. The van der Waals surface area contributed by atoms with Crippen LogP contribution in [0.3, 0.4) is 0 Å². The van der Waals surface area contributed by atoms with Gasteiger partial charge in [-0.2, -0.15) is 0 Å². The molecule has 3 rings (SSSR count). The molecule has 18 heavy (non-hydrogen) atoms. The van der Waals surface area contributed by atoms with Crippen molar-refractivity contribution in [3.63, 3.8) is 0 Å². The molecule has 2 aliphatic rings. The average Bonchev–Trinajstić information content (AvgIpc) is 2.92. The monoisotopic (exact) mass is 250 g/mol. The molecule has 0 aromatic carbocycles. The van der Waals surface area contributed by atoms with Crippen LogP contribution in [0.2, 0.25) is 0 Å². The Bertz CT molecular complexity index is 443. The highest BCUT2D eigenvalue weighted by atomic mass is 16.4. The summed E-state index contributed by atoms with van der Waals surface area (Å²) in [5.41, 5.74) is 5.48. The summed E-state index contributed by atoms with van der Waals surface area (Å²) in [5, 5.41) is 9.72. The van der Waals surface area contributed by atoms with Gasteiger partial charge in [-0.15, -0.1) is 0 Å². The predicted octanol–water partition coefficient (Wildman–Crippen LogP) is 0.866. The van der Waals surface area contributed by atoms with Gasteiger partial charge in [0.1, 0.15) is 5.76 Å². The van der Waals surface area contributed by atoms with Gasteiger partial charge in [-0.05, 0) is 37.8 Å². The molecule has 1 aromatic rings. The first kappa shape index (κ1) is 11.7. The Hall–Kier alpha value is -1.33. The summed E-state index contributed by atoms with van der Waals surface area (Å²) in [5.74, 6) is 0.931. The van der Waals surface area contributed by atoms with Crippen LogP contribution in [0.15, 0.2) is 16.5 Å². The van der Waals surface area contributed by atoms with E-state index < -0.39 is 0 Å². The first-order valence-corrected chi connectivity index (χ1v) is 6.48. The molecular formula is C13H18N2O3. The largest absolute Gasteiger partial charge is 0.455 e. The quantitative estimate of drug-likeness (QED) is 0.816. The molecule has 2 saturated heterocycles. The van der Waals surface area contributed by atoms with Gasteiger partial charge in [-0.3, -0.25) is 4.79 Å². The number of aliphatic hydroxyl groups excluding tert-OH is 1. The number of hydrogen-bond acceptors (Lipinski definition) is 4. The van der Waals surface area contributed by atoms with Gasteiger partial charge in [-0.1, -0.05) is 0 Å². The minimum absolute atomic E-state index is 0.0610. The highest BCUT2D eigenvalue weighted by Crippen LogP contribution is 2.36. The van der Waals surface area contributed by atoms with Crippen LogP contribution in [0, 0.1) is 0 Å². The van der Waals surface area contributed by atoms with Crippen LogP contribution in [0.25, 0.3) is 0 Å². The molecule has 0 spiro atoms. The van der Waals surface area contributed by atoms with E-state index >= 15 is 0 Å². The first-order valence-electron chi connectivity index (χ1n) is 6.48. The average molecular weight is 250 g/mol. The van der Waals surface area contributed by atoms with Crippen molar-refractivity contribution < 1.29 is 14.3 Å². The normalized spacial score (nSPS) is 30.8. The van der Waals surface area contributed by atoms with Gasteiger partial charge in [-0.25, -0.2) is 0 Å². The lowest BCUT2D eigenvalue weighted by molar-refractivity contribution is 0.0263. The van der Waals surface area contributed by atoms with Crippen LogP contribution in [0.1, 0.15) is 42.0 Å². The summed E-state index contributed by atoms with van der Waals surface area (Å²) < 4.78 is 5.42. The standard InChI is InChI=1S/C13H18N2O3/c14-7-11-3-4-12(18-11)13(17)15-8-1-2-9(15)6-10(16)5-8/h3-4,8-10,16H,1-2,5-7,14H2. The number of carbonyl (C=O) groups is 1. The van der Waals surface area contributed by atoms with Gasteiger partial charge in [0.25, 0.3) is 5.91 Å². The second-order valence-corrected chi connectivity index (χ2v) is 5.19. The molecule has 2 fully saturated rings. The minimum Gasteiger partial charge on any atom is -0.455 e. The fourth-order valence-corrected chi connectivity index (χ4v) is 3.21. The number of aliphatic hydroxyl groups is 1. The fraction of sp³-hybridized carbons (Fsp3) is 0.615. The first-order chi connectivity index (χ1) is 8.69. The number of piperidine rings is 1. The molecule has 5 nitrogen and oxygen atoms in total. The Labute approximate surface area is 106 Å². The Morgan fingerprint density at radius 1 is 1.39 bits per heavy atom. The Balaban J connectivity index is 1.81. The van der Waals surface area contributed by atoms with Crippen molar-refractivity contribution in [1.29, 1.82) is 0 Å². The lowest BCUT2D eigenvalue weighted by Gasteiger charge is -2.36. The number of rotatable bonds is 2. The van der Waals surface area contributed by atoms with E-state index in [9.17, 15) is 9.90 Å². The fourth-order valence-electron chi connectivity index (χ4n) is 3.21. The molecule has 3 N–H and O–H groups in total. The molecule has 98 valence electrons. The zero-order chi connectivity index (χ0) is 12.7. The van der Waals surface area contributed by atoms with Gasteiger partial charge in [0.15, 0.2) is 5.76 Å². The molecule has 0 radical (unpaired) electrons. The van der Waals surface area contributed by atoms with Gasteiger partial charge in [0.05, 0.1) is 12.6 Å². The summed E-state index contributed by atoms with van der Waals surface area (Å²) in [4.78, 5) is 14.3. The van der Waals surface area contributed by atoms with Gasteiger partial charge in [0, 0.05) is 12.1 Å². The third-order valence-corrected chi connectivity index (χ3v) is 4.02. The second kappa shape index (κ2) is 4.40. The lowest BCUT2D eigenvalue weighted by Crippen LogP contribution is -2.47. The second-order valence-electron chi connectivity index (χ2n) is 5.19. The van der Waals surface area contributed by atoms with E-state index in [-0.39, 0.29) is 24.1 Å². The Kier molecular flexibility index (Phi) is 2.87. The molecule has 2 aliphatic heterocycles. The number of nitrogens with zero attached hydrogens (tertiary/aromatic N) is 1. The van der Waals surface area contributed by atoms with E-state index in [0.717, 1.165) is 12.8 Å². The molecule has 2 atom stereocenters. The molecule has 2 bridgehead atoms. The van der Waals surface area contributed by atoms with Crippen LogP contribution >= 0.6 is 0 Å². The molecule has 3 heterocycles. The number of nitrogens with two attached hydrogens (primary N) is 1. The van der Waals surface area contributed by atoms with Crippen LogP contribution in [0.4, 0.5) is 0 Å². The van der Waals surface area contributed by atoms with Gasteiger partial charge < -0.3 is 20.2 Å². The topological polar surface area (TPSA) is 79.7 Å². The van der Waals surface area contributed by atoms with Crippen molar-refractivity contribution in [3.8, 4) is 0 Å². The zero-order valence-corrected chi connectivity index (χ0v) is 10.2. The van der Waals surface area contributed by atoms with Crippen LogP contribution in [-0.4, -0.2) is 34.1 Å². The number of fused-ring (bicyclic) bond motifs is 2. The van der Waals surface area contributed by atoms with Crippen molar-refractivity contribution in [2.45, 2.75) is 50.4 Å². The number of hydrogen-bond donors (Lipinski definition) is 2. The van der Waals surface area contributed by atoms with Crippen molar-refractivity contribution >= 4 is 5.91 Å². The van der Waals surface area contributed by atoms with Crippen LogP contribution in [0.5, 0.6) is 0 Å². The maximum atomic E-state index is 12.4. The van der Waals surface area contributed by atoms with Gasteiger partial charge >= 0.3 is 0 Å². The number of carbonyl (C=O) groups excluding carboxylic acids is 1. The summed E-state index contributed by atoms with van der Waals surface area (Å²) in [6.07, 6.45) is 3.08. The summed E-state index contributed by atoms with van der Waals surface area (Å²) >= 11 is 0. The maximum absolute atomic E-state index is 12.4. The maximum Gasteiger partial charge on any atom is 0.290 e. The molecule has 0 saturated carbocycles. The van der Waals surface area contributed by atoms with Crippen molar-refractivity contribution in [1.82, 2.24) is 4.90 Å². The molecule has 2 unspecified atom stereocenters.